The molecule has 1 aromatic carbocycles. The Bertz CT molecular complexity index is 646. The molecule has 0 bridgehead atoms. The minimum absolute atomic E-state index is 0.187. The maximum Gasteiger partial charge on any atom is 0.416 e. The molecule has 0 amide bonds. The van der Waals surface area contributed by atoms with Crippen molar-refractivity contribution in [3.05, 3.63) is 28.8 Å². The summed E-state index contributed by atoms with van der Waals surface area (Å²) >= 11 is 5.87. The van der Waals surface area contributed by atoms with Gasteiger partial charge in [0, 0.05) is 12.6 Å². The lowest BCUT2D eigenvalue weighted by Crippen LogP contribution is -2.43. The predicted molar refractivity (Wildman–Crippen MR) is 78.3 cm³/mol. The summed E-state index contributed by atoms with van der Waals surface area (Å²) in [7, 11) is -4.04. The van der Waals surface area contributed by atoms with Crippen molar-refractivity contribution in [3.8, 4) is 0 Å². The number of hydrogen-bond donors (Lipinski definition) is 0. The standard InChI is InChI=1S/C14H17ClF3NO2S/c1-2-11-5-3-4-8-19(11)22(20,21)13-9-10(14(16,17)18)6-7-12(13)15/h6-7,9,11H,2-5,8H2,1H3. The minimum Gasteiger partial charge on any atom is -0.207 e. The molecular formula is C14H17ClF3NO2S. The highest BCUT2D eigenvalue weighted by Crippen LogP contribution is 2.36. The SMILES string of the molecule is CCC1CCCCN1S(=O)(=O)c1cc(C(F)(F)F)ccc1Cl. The van der Waals surface area contributed by atoms with Crippen molar-refractivity contribution in [3.63, 3.8) is 0 Å². The van der Waals surface area contributed by atoms with Crippen LogP contribution >= 0.6 is 11.6 Å². The Morgan fingerprint density at radius 1 is 1.32 bits per heavy atom. The number of sulfonamides is 1. The van der Waals surface area contributed by atoms with Crippen LogP contribution in [0.3, 0.4) is 0 Å². The van der Waals surface area contributed by atoms with Crippen LogP contribution in [-0.4, -0.2) is 25.3 Å². The lowest BCUT2D eigenvalue weighted by molar-refractivity contribution is -0.137. The molecule has 8 heteroatoms. The molecule has 1 heterocycles. The number of hydrogen-bond acceptors (Lipinski definition) is 2. The third-order valence-electron chi connectivity index (χ3n) is 3.89. The zero-order valence-electron chi connectivity index (χ0n) is 12.0. The average Bonchev–Trinajstić information content (AvgIpc) is 2.46. The van der Waals surface area contributed by atoms with E-state index < -0.39 is 26.7 Å². The van der Waals surface area contributed by atoms with Crippen LogP contribution in [0.25, 0.3) is 0 Å². The van der Waals surface area contributed by atoms with Crippen molar-refractivity contribution in [1.82, 2.24) is 4.31 Å². The van der Waals surface area contributed by atoms with Crippen molar-refractivity contribution in [2.45, 2.75) is 49.7 Å². The first-order valence-corrected chi connectivity index (χ1v) is 8.88. The van der Waals surface area contributed by atoms with E-state index in [9.17, 15) is 21.6 Å². The molecule has 0 aliphatic carbocycles. The molecule has 3 nitrogen and oxygen atoms in total. The number of alkyl halides is 3. The quantitative estimate of drug-likeness (QED) is 0.810. The fourth-order valence-corrected chi connectivity index (χ4v) is 4.97. The number of rotatable bonds is 3. The van der Waals surface area contributed by atoms with E-state index in [0.717, 1.165) is 18.6 Å². The van der Waals surface area contributed by atoms with E-state index in [1.165, 1.54) is 4.31 Å². The van der Waals surface area contributed by atoms with Crippen LogP contribution in [0.15, 0.2) is 23.1 Å². The van der Waals surface area contributed by atoms with E-state index in [2.05, 4.69) is 0 Å². The van der Waals surface area contributed by atoms with Crippen molar-refractivity contribution >= 4 is 21.6 Å². The fraction of sp³-hybridized carbons (Fsp3) is 0.571. The normalized spacial score (nSPS) is 21.0. The molecule has 1 fully saturated rings. The molecule has 1 aliphatic heterocycles. The summed E-state index contributed by atoms with van der Waals surface area (Å²) in [5, 5.41) is -0.187. The number of halogens is 4. The van der Waals surface area contributed by atoms with E-state index in [-0.39, 0.29) is 11.1 Å². The molecule has 0 spiro atoms. The summed E-state index contributed by atoms with van der Waals surface area (Å²) in [6.45, 7) is 2.18. The van der Waals surface area contributed by atoms with Gasteiger partial charge in [0.05, 0.1) is 10.6 Å². The second kappa shape index (κ2) is 6.37. The van der Waals surface area contributed by atoms with Crippen LogP contribution < -0.4 is 0 Å². The molecule has 124 valence electrons. The van der Waals surface area contributed by atoms with Gasteiger partial charge < -0.3 is 0 Å². The topological polar surface area (TPSA) is 37.4 Å². The van der Waals surface area contributed by atoms with Gasteiger partial charge in [0.1, 0.15) is 4.90 Å². The largest absolute Gasteiger partial charge is 0.416 e. The third-order valence-corrected chi connectivity index (χ3v) is 6.32. The van der Waals surface area contributed by atoms with Crippen LogP contribution in [0.2, 0.25) is 5.02 Å². The molecule has 1 saturated heterocycles. The van der Waals surface area contributed by atoms with Gasteiger partial charge in [-0.1, -0.05) is 24.9 Å². The first-order valence-electron chi connectivity index (χ1n) is 7.06. The van der Waals surface area contributed by atoms with Gasteiger partial charge in [-0.05, 0) is 37.5 Å². The van der Waals surface area contributed by atoms with Crippen LogP contribution in [0.1, 0.15) is 38.2 Å². The molecule has 0 aromatic heterocycles. The first-order chi connectivity index (χ1) is 10.2. The maximum atomic E-state index is 12.8. The van der Waals surface area contributed by atoms with Crippen LogP contribution in [0.5, 0.6) is 0 Å². The highest BCUT2D eigenvalue weighted by Gasteiger charge is 2.37. The molecule has 1 atom stereocenters. The number of benzene rings is 1. The van der Waals surface area contributed by atoms with Gasteiger partial charge in [0.15, 0.2) is 0 Å². The van der Waals surface area contributed by atoms with Crippen molar-refractivity contribution in [1.29, 1.82) is 0 Å². The number of piperidine rings is 1. The second-order valence-corrected chi connectivity index (χ2v) is 7.58. The highest BCUT2D eigenvalue weighted by molar-refractivity contribution is 7.89. The van der Waals surface area contributed by atoms with Gasteiger partial charge in [-0.3, -0.25) is 0 Å². The van der Waals surface area contributed by atoms with Gasteiger partial charge in [0.2, 0.25) is 10.0 Å². The van der Waals surface area contributed by atoms with Crippen molar-refractivity contribution < 1.29 is 21.6 Å². The smallest absolute Gasteiger partial charge is 0.207 e. The van der Waals surface area contributed by atoms with Crippen molar-refractivity contribution in [2.24, 2.45) is 0 Å². The summed E-state index contributed by atoms with van der Waals surface area (Å²) in [5.41, 5.74) is -1.01. The van der Waals surface area contributed by atoms with Crippen LogP contribution in [0, 0.1) is 0 Å². The summed E-state index contributed by atoms with van der Waals surface area (Å²) in [5.74, 6) is 0. The minimum atomic E-state index is -4.61. The monoisotopic (exact) mass is 355 g/mol. The Morgan fingerprint density at radius 3 is 2.59 bits per heavy atom. The second-order valence-electron chi connectivity index (χ2n) is 5.32. The van der Waals surface area contributed by atoms with Gasteiger partial charge >= 0.3 is 6.18 Å². The molecule has 2 rings (SSSR count). The van der Waals surface area contributed by atoms with Gasteiger partial charge in [-0.25, -0.2) is 8.42 Å². The zero-order chi connectivity index (χ0) is 16.5. The Hall–Kier alpha value is -0.790. The lowest BCUT2D eigenvalue weighted by Gasteiger charge is -2.34. The summed E-state index contributed by atoms with van der Waals surface area (Å²) < 4.78 is 65.2. The molecule has 22 heavy (non-hydrogen) atoms. The maximum absolute atomic E-state index is 12.8. The third kappa shape index (κ3) is 3.41. The molecule has 1 unspecified atom stereocenters. The average molecular weight is 356 g/mol. The van der Waals surface area contributed by atoms with Crippen LogP contribution in [0.4, 0.5) is 13.2 Å². The summed E-state index contributed by atoms with van der Waals surface area (Å²) in [4.78, 5) is -0.468. The van der Waals surface area contributed by atoms with E-state index >= 15 is 0 Å². The molecule has 0 saturated carbocycles. The molecule has 0 N–H and O–H groups in total. The highest BCUT2D eigenvalue weighted by atomic mass is 35.5. The Kier molecular flexibility index (Phi) is 5.09. The lowest BCUT2D eigenvalue weighted by atomic mass is 10.0. The van der Waals surface area contributed by atoms with Crippen LogP contribution in [-0.2, 0) is 16.2 Å². The summed E-state index contributed by atoms with van der Waals surface area (Å²) in [6, 6.07) is 2.21. The molecule has 1 aromatic rings. The van der Waals surface area contributed by atoms with Crippen molar-refractivity contribution in [2.75, 3.05) is 6.54 Å². The van der Waals surface area contributed by atoms with Gasteiger partial charge in [0.25, 0.3) is 0 Å². The Morgan fingerprint density at radius 2 is 2.00 bits per heavy atom. The first kappa shape index (κ1) is 17.6. The Balaban J connectivity index is 2.49. The van der Waals surface area contributed by atoms with E-state index in [0.29, 0.717) is 31.9 Å². The predicted octanol–water partition coefficient (Wildman–Crippen LogP) is 4.31. The molecular weight excluding hydrogens is 339 g/mol. The fourth-order valence-electron chi connectivity index (χ4n) is 2.70. The number of nitrogens with zero attached hydrogens (tertiary/aromatic N) is 1. The van der Waals surface area contributed by atoms with Gasteiger partial charge in [-0.2, -0.15) is 17.5 Å². The molecule has 1 aliphatic rings. The zero-order valence-corrected chi connectivity index (χ0v) is 13.6. The van der Waals surface area contributed by atoms with E-state index in [4.69, 9.17) is 11.6 Å². The molecule has 0 radical (unpaired) electrons. The van der Waals surface area contributed by atoms with Gasteiger partial charge in [-0.15, -0.1) is 0 Å². The van der Waals surface area contributed by atoms with E-state index in [1.807, 2.05) is 6.92 Å². The van der Waals surface area contributed by atoms with E-state index in [1.54, 1.807) is 0 Å². The summed E-state index contributed by atoms with van der Waals surface area (Å²) in [6.07, 6.45) is -1.66. The Labute approximate surface area is 133 Å².